The first kappa shape index (κ1) is 26.0. The molecule has 7 aromatic rings. The SMILES string of the molecule is CP(C)(=O)c1ccc(-c2cccc3c2-c2cc4ccccc4cc2C3(c2ccccc2)c2ccc3ccccc3c2)cc1. The summed E-state index contributed by atoms with van der Waals surface area (Å²) in [6.45, 7) is 3.67. The number of benzene rings is 7. The second kappa shape index (κ2) is 9.66. The van der Waals surface area contributed by atoms with Crippen LogP contribution in [-0.2, 0) is 9.98 Å². The number of hydrogen-bond donors (Lipinski definition) is 0. The van der Waals surface area contributed by atoms with Crippen LogP contribution in [0.4, 0.5) is 0 Å². The minimum Gasteiger partial charge on any atom is -0.319 e. The molecule has 43 heavy (non-hydrogen) atoms. The van der Waals surface area contributed by atoms with Crippen LogP contribution in [-0.4, -0.2) is 13.3 Å². The largest absolute Gasteiger partial charge is 0.319 e. The zero-order valence-electron chi connectivity index (χ0n) is 24.3. The van der Waals surface area contributed by atoms with Crippen LogP contribution < -0.4 is 5.30 Å². The third-order valence-electron chi connectivity index (χ3n) is 9.22. The molecule has 8 rings (SSSR count). The highest BCUT2D eigenvalue weighted by Crippen LogP contribution is 2.59. The summed E-state index contributed by atoms with van der Waals surface area (Å²) in [6, 6.07) is 55.2. The van der Waals surface area contributed by atoms with Crippen molar-refractivity contribution < 1.29 is 4.57 Å². The highest BCUT2D eigenvalue weighted by molar-refractivity contribution is 7.70. The summed E-state index contributed by atoms with van der Waals surface area (Å²) in [6.07, 6.45) is 0. The number of rotatable bonds is 4. The molecule has 0 bridgehead atoms. The van der Waals surface area contributed by atoms with Gasteiger partial charge in [0.25, 0.3) is 0 Å². The van der Waals surface area contributed by atoms with Gasteiger partial charge in [0.05, 0.1) is 5.41 Å². The maximum absolute atomic E-state index is 12.8. The van der Waals surface area contributed by atoms with Gasteiger partial charge in [0.15, 0.2) is 0 Å². The van der Waals surface area contributed by atoms with Crippen molar-refractivity contribution in [3.63, 3.8) is 0 Å². The molecule has 0 aliphatic heterocycles. The Kier molecular flexibility index (Phi) is 5.83. The Morgan fingerprint density at radius 2 is 1.09 bits per heavy atom. The molecule has 1 nitrogen and oxygen atoms in total. The van der Waals surface area contributed by atoms with Crippen LogP contribution in [0.15, 0.2) is 152 Å². The van der Waals surface area contributed by atoms with E-state index in [9.17, 15) is 4.57 Å². The topological polar surface area (TPSA) is 17.1 Å². The van der Waals surface area contributed by atoms with E-state index in [4.69, 9.17) is 0 Å². The van der Waals surface area contributed by atoms with Crippen LogP contribution in [0.1, 0.15) is 22.3 Å². The maximum atomic E-state index is 12.8. The summed E-state index contributed by atoms with van der Waals surface area (Å²) in [5.41, 5.74) is 9.47. The fourth-order valence-corrected chi connectivity index (χ4v) is 8.06. The number of hydrogen-bond acceptors (Lipinski definition) is 1. The lowest BCUT2D eigenvalue weighted by Crippen LogP contribution is -2.28. The van der Waals surface area contributed by atoms with Gasteiger partial charge in [-0.25, -0.2) is 0 Å². The Bertz CT molecular complexity index is 2220. The molecule has 0 amide bonds. The Balaban J connectivity index is 1.51. The van der Waals surface area contributed by atoms with Crippen LogP contribution in [0.25, 0.3) is 43.8 Å². The molecule has 206 valence electrons. The van der Waals surface area contributed by atoms with Gasteiger partial charge >= 0.3 is 0 Å². The molecule has 0 fully saturated rings. The molecule has 0 heterocycles. The monoisotopic (exact) mass is 570 g/mol. The average Bonchev–Trinajstić information content (AvgIpc) is 3.33. The van der Waals surface area contributed by atoms with Crippen molar-refractivity contribution in [2.24, 2.45) is 0 Å². The third-order valence-corrected chi connectivity index (χ3v) is 10.8. The lowest BCUT2D eigenvalue weighted by atomic mass is 9.67. The molecule has 1 unspecified atom stereocenters. The molecule has 7 aromatic carbocycles. The molecule has 0 N–H and O–H groups in total. The van der Waals surface area contributed by atoms with Gasteiger partial charge in [0.1, 0.15) is 7.14 Å². The van der Waals surface area contributed by atoms with Crippen LogP contribution >= 0.6 is 7.14 Å². The molecule has 0 saturated carbocycles. The fraction of sp³-hybridized carbons (Fsp3) is 0.0732. The van der Waals surface area contributed by atoms with Crippen molar-refractivity contribution in [2.75, 3.05) is 13.3 Å². The van der Waals surface area contributed by atoms with Gasteiger partial charge in [0, 0.05) is 5.30 Å². The molecule has 1 aliphatic rings. The summed E-state index contributed by atoms with van der Waals surface area (Å²) in [4.78, 5) is 0. The molecular formula is C41H31OP. The molecule has 0 aromatic heterocycles. The zero-order valence-corrected chi connectivity index (χ0v) is 25.2. The van der Waals surface area contributed by atoms with Crippen molar-refractivity contribution in [1.29, 1.82) is 0 Å². The van der Waals surface area contributed by atoms with Crippen molar-refractivity contribution in [3.8, 4) is 22.3 Å². The van der Waals surface area contributed by atoms with Gasteiger partial charge in [-0.3, -0.25) is 0 Å². The van der Waals surface area contributed by atoms with E-state index in [0.717, 1.165) is 10.9 Å². The molecule has 0 spiro atoms. The second-order valence-corrected chi connectivity index (χ2v) is 15.3. The van der Waals surface area contributed by atoms with Crippen molar-refractivity contribution in [2.45, 2.75) is 5.41 Å². The van der Waals surface area contributed by atoms with E-state index in [2.05, 4.69) is 140 Å². The standard InChI is InChI=1S/C41H31OP/c1-43(2,42)35-23-20-29(21-24-35)36-17-10-18-38-40(36)37-26-31-13-8-9-14-32(31)27-39(37)41(38,33-15-4-3-5-16-33)34-22-19-28-11-6-7-12-30(28)25-34/h3-27H,1-2H3. The Morgan fingerprint density at radius 3 is 1.79 bits per heavy atom. The highest BCUT2D eigenvalue weighted by atomic mass is 31.2. The molecule has 0 radical (unpaired) electrons. The summed E-state index contributed by atoms with van der Waals surface area (Å²) >= 11 is 0. The van der Waals surface area contributed by atoms with Gasteiger partial charge in [-0.1, -0.05) is 133 Å². The van der Waals surface area contributed by atoms with Crippen LogP contribution in [0.5, 0.6) is 0 Å². The first-order valence-electron chi connectivity index (χ1n) is 14.8. The maximum Gasteiger partial charge on any atom is 0.109 e. The summed E-state index contributed by atoms with van der Waals surface area (Å²) in [5.74, 6) is 0. The zero-order chi connectivity index (χ0) is 29.2. The smallest absolute Gasteiger partial charge is 0.109 e. The van der Waals surface area contributed by atoms with E-state index in [1.807, 2.05) is 25.5 Å². The minimum absolute atomic E-state index is 0.502. The van der Waals surface area contributed by atoms with Crippen LogP contribution in [0.2, 0.25) is 0 Å². The van der Waals surface area contributed by atoms with Gasteiger partial charge in [-0.2, -0.15) is 0 Å². The van der Waals surface area contributed by atoms with E-state index in [0.29, 0.717) is 0 Å². The first-order valence-corrected chi connectivity index (χ1v) is 17.4. The quantitative estimate of drug-likeness (QED) is 0.192. The van der Waals surface area contributed by atoms with Gasteiger partial charge in [-0.15, -0.1) is 0 Å². The fourth-order valence-electron chi connectivity index (χ4n) is 7.20. The number of fused-ring (bicyclic) bond motifs is 5. The summed E-state index contributed by atoms with van der Waals surface area (Å²) < 4.78 is 12.8. The Hall–Kier alpha value is -4.71. The molecular weight excluding hydrogens is 539 g/mol. The summed E-state index contributed by atoms with van der Waals surface area (Å²) in [7, 11) is -2.35. The van der Waals surface area contributed by atoms with Gasteiger partial charge in [-0.05, 0) is 97.6 Å². The van der Waals surface area contributed by atoms with Crippen molar-refractivity contribution >= 4 is 34.0 Å². The predicted octanol–water partition coefficient (Wildman–Crippen LogP) is 10.3. The van der Waals surface area contributed by atoms with Crippen LogP contribution in [0.3, 0.4) is 0 Å². The van der Waals surface area contributed by atoms with E-state index >= 15 is 0 Å². The van der Waals surface area contributed by atoms with Crippen LogP contribution in [0, 0.1) is 0 Å². The van der Waals surface area contributed by atoms with Gasteiger partial charge in [0.2, 0.25) is 0 Å². The first-order chi connectivity index (χ1) is 20.9. The second-order valence-electron chi connectivity index (χ2n) is 12.0. The lowest BCUT2D eigenvalue weighted by Gasteiger charge is -2.34. The lowest BCUT2D eigenvalue weighted by molar-refractivity contribution is 0.588. The van der Waals surface area contributed by atoms with Crippen molar-refractivity contribution in [1.82, 2.24) is 0 Å². The normalized spacial score (nSPS) is 15.9. The Morgan fingerprint density at radius 1 is 0.465 bits per heavy atom. The highest BCUT2D eigenvalue weighted by Gasteiger charge is 2.47. The Labute approximate surface area is 252 Å². The van der Waals surface area contributed by atoms with E-state index in [-0.39, 0.29) is 0 Å². The minimum atomic E-state index is -2.35. The van der Waals surface area contributed by atoms with Crippen molar-refractivity contribution in [3.05, 3.63) is 174 Å². The van der Waals surface area contributed by atoms with E-state index in [1.54, 1.807) is 0 Å². The summed E-state index contributed by atoms with van der Waals surface area (Å²) in [5, 5.41) is 5.86. The average molecular weight is 571 g/mol. The van der Waals surface area contributed by atoms with E-state index < -0.39 is 12.6 Å². The third kappa shape index (κ3) is 3.96. The molecule has 1 aliphatic carbocycles. The molecule has 1 atom stereocenters. The predicted molar refractivity (Wildman–Crippen MR) is 183 cm³/mol. The molecule has 2 heteroatoms. The van der Waals surface area contributed by atoms with Gasteiger partial charge < -0.3 is 4.57 Å². The van der Waals surface area contributed by atoms with E-state index in [1.165, 1.54) is 60.5 Å². The molecule has 0 saturated heterocycles.